The molecule has 0 atom stereocenters. The van der Waals surface area contributed by atoms with Crippen LogP contribution in [-0.4, -0.2) is 42.1 Å². The Hall–Kier alpha value is -4.17. The summed E-state index contributed by atoms with van der Waals surface area (Å²) in [5, 5.41) is 5.75. The summed E-state index contributed by atoms with van der Waals surface area (Å²) in [5.41, 5.74) is 3.07. The van der Waals surface area contributed by atoms with Crippen molar-refractivity contribution in [3.05, 3.63) is 94.8 Å². The minimum atomic E-state index is -0.368. The highest BCUT2D eigenvalue weighted by atomic mass is 16.5. The van der Waals surface area contributed by atoms with Gasteiger partial charge in [0.2, 0.25) is 5.91 Å². The molecule has 8 heteroatoms. The number of fused-ring (bicyclic) bond motifs is 1. The molecule has 2 heterocycles. The van der Waals surface area contributed by atoms with Crippen LogP contribution in [0.4, 0.5) is 5.82 Å². The first-order valence-electron chi connectivity index (χ1n) is 11.1. The average Bonchev–Trinajstić information content (AvgIpc) is 2.88. The first-order valence-corrected chi connectivity index (χ1v) is 11.1. The third kappa shape index (κ3) is 4.77. The van der Waals surface area contributed by atoms with Crippen LogP contribution < -0.4 is 20.6 Å². The molecule has 8 nitrogen and oxygen atoms in total. The highest BCUT2D eigenvalue weighted by Crippen LogP contribution is 2.23. The quantitative estimate of drug-likeness (QED) is 0.479. The van der Waals surface area contributed by atoms with Gasteiger partial charge in [0.25, 0.3) is 5.56 Å². The molecule has 172 valence electrons. The summed E-state index contributed by atoms with van der Waals surface area (Å²) in [6.45, 7) is 2.51. The molecule has 0 saturated carbocycles. The number of nitrogens with one attached hydrogen (secondary N) is 1. The van der Waals surface area contributed by atoms with Gasteiger partial charge in [-0.05, 0) is 35.9 Å². The van der Waals surface area contributed by atoms with Gasteiger partial charge >= 0.3 is 0 Å². The van der Waals surface area contributed by atoms with Crippen LogP contribution in [0, 0.1) is 0 Å². The number of benzene rings is 3. The van der Waals surface area contributed by atoms with Crippen molar-refractivity contribution >= 4 is 22.5 Å². The highest BCUT2D eigenvalue weighted by Gasteiger charge is 2.19. The van der Waals surface area contributed by atoms with E-state index in [0.29, 0.717) is 43.3 Å². The van der Waals surface area contributed by atoms with Crippen LogP contribution in [0.5, 0.6) is 11.5 Å². The molecule has 0 radical (unpaired) electrons. The van der Waals surface area contributed by atoms with Crippen molar-refractivity contribution in [3.63, 3.8) is 0 Å². The van der Waals surface area contributed by atoms with Crippen LogP contribution >= 0.6 is 0 Å². The maximum absolute atomic E-state index is 13.0. The zero-order chi connectivity index (χ0) is 23.3. The number of hydrogen-bond acceptors (Lipinski definition) is 6. The van der Waals surface area contributed by atoms with Crippen molar-refractivity contribution in [3.8, 4) is 11.5 Å². The van der Waals surface area contributed by atoms with Gasteiger partial charge in [0.1, 0.15) is 11.5 Å². The van der Waals surface area contributed by atoms with E-state index in [4.69, 9.17) is 9.47 Å². The van der Waals surface area contributed by atoms with E-state index < -0.39 is 0 Å². The minimum Gasteiger partial charge on any atom is -0.457 e. The van der Waals surface area contributed by atoms with Gasteiger partial charge in [0.15, 0.2) is 5.82 Å². The molecule has 3 aromatic carbocycles. The van der Waals surface area contributed by atoms with Crippen molar-refractivity contribution in [1.82, 2.24) is 9.89 Å². The van der Waals surface area contributed by atoms with E-state index in [-0.39, 0.29) is 17.9 Å². The molecule has 1 aliphatic heterocycles. The Labute approximate surface area is 196 Å². The van der Waals surface area contributed by atoms with Gasteiger partial charge in [-0.1, -0.05) is 48.5 Å². The summed E-state index contributed by atoms with van der Waals surface area (Å²) in [5.74, 6) is 1.74. The van der Waals surface area contributed by atoms with Gasteiger partial charge in [-0.25, -0.2) is 5.43 Å². The molecule has 34 heavy (non-hydrogen) atoms. The van der Waals surface area contributed by atoms with E-state index in [1.54, 1.807) is 12.1 Å². The zero-order valence-corrected chi connectivity index (χ0v) is 18.5. The van der Waals surface area contributed by atoms with Crippen LogP contribution in [0.2, 0.25) is 0 Å². The smallest absolute Gasteiger partial charge is 0.294 e. The lowest BCUT2D eigenvalue weighted by atomic mass is 10.1. The number of rotatable bonds is 6. The Balaban J connectivity index is 1.33. The van der Waals surface area contributed by atoms with E-state index in [1.165, 1.54) is 0 Å². The Morgan fingerprint density at radius 3 is 2.26 bits per heavy atom. The van der Waals surface area contributed by atoms with Crippen molar-refractivity contribution in [1.29, 1.82) is 0 Å². The number of morpholine rings is 1. The molecule has 0 unspecified atom stereocenters. The second-order valence-electron chi connectivity index (χ2n) is 7.96. The predicted molar refractivity (Wildman–Crippen MR) is 130 cm³/mol. The van der Waals surface area contributed by atoms with Crippen molar-refractivity contribution in [2.45, 2.75) is 6.42 Å². The van der Waals surface area contributed by atoms with Crippen LogP contribution in [0.3, 0.4) is 0 Å². The van der Waals surface area contributed by atoms with E-state index in [0.717, 1.165) is 21.5 Å². The van der Waals surface area contributed by atoms with Crippen LogP contribution in [0.15, 0.2) is 83.7 Å². The number of para-hydroxylation sites is 1. The van der Waals surface area contributed by atoms with E-state index in [9.17, 15) is 9.59 Å². The fourth-order valence-corrected chi connectivity index (χ4v) is 3.90. The molecular formula is C26H24N4O4. The van der Waals surface area contributed by atoms with Crippen LogP contribution in [0.25, 0.3) is 10.8 Å². The first kappa shape index (κ1) is 21.7. The second kappa shape index (κ2) is 9.76. The number of nitrogens with zero attached hydrogens (tertiary/aromatic N) is 3. The second-order valence-corrected chi connectivity index (χ2v) is 7.96. The average molecular weight is 457 g/mol. The molecule has 1 fully saturated rings. The fraction of sp³-hybridized carbons (Fsp3) is 0.192. The maximum atomic E-state index is 13.0. The predicted octanol–water partition coefficient (Wildman–Crippen LogP) is 3.34. The Kier molecular flexibility index (Phi) is 6.22. The van der Waals surface area contributed by atoms with Crippen molar-refractivity contribution < 1.29 is 14.3 Å². The first-order chi connectivity index (χ1) is 16.7. The van der Waals surface area contributed by atoms with Crippen molar-refractivity contribution in [2.24, 2.45) is 0 Å². The normalized spacial score (nSPS) is 13.6. The number of carbonyl (C=O) groups is 1. The molecule has 5 rings (SSSR count). The summed E-state index contributed by atoms with van der Waals surface area (Å²) in [6, 6.07) is 24.1. The van der Waals surface area contributed by atoms with Crippen LogP contribution in [0.1, 0.15) is 5.56 Å². The van der Waals surface area contributed by atoms with Crippen molar-refractivity contribution in [2.75, 3.05) is 36.6 Å². The Morgan fingerprint density at radius 2 is 1.53 bits per heavy atom. The summed E-state index contributed by atoms with van der Waals surface area (Å²) < 4.78 is 11.2. The third-order valence-electron chi connectivity index (χ3n) is 5.59. The monoisotopic (exact) mass is 456 g/mol. The molecule has 1 saturated heterocycles. The molecule has 1 aromatic heterocycles. The molecule has 1 N–H and O–H groups in total. The standard InChI is InChI=1S/C26H24N4O4/c31-24(18-19-10-12-21(13-11-19)34-20-6-2-1-3-7-20)27-30-26(32)23-9-5-4-8-22(23)25(28-30)29-14-16-33-17-15-29/h1-13H,14-18H2,(H,27,31). The summed E-state index contributed by atoms with van der Waals surface area (Å²) >= 11 is 0. The van der Waals surface area contributed by atoms with Gasteiger partial charge in [-0.3, -0.25) is 9.59 Å². The van der Waals surface area contributed by atoms with Gasteiger partial charge in [-0.15, -0.1) is 9.89 Å². The number of ether oxygens (including phenoxy) is 2. The minimum absolute atomic E-state index is 0.0967. The Morgan fingerprint density at radius 1 is 0.882 bits per heavy atom. The third-order valence-corrected chi connectivity index (χ3v) is 5.59. The number of carbonyl (C=O) groups excluding carboxylic acids is 1. The highest BCUT2D eigenvalue weighted by molar-refractivity contribution is 5.92. The van der Waals surface area contributed by atoms with Gasteiger partial charge in [-0.2, -0.15) is 0 Å². The fourth-order valence-electron chi connectivity index (χ4n) is 3.90. The van der Waals surface area contributed by atoms with Gasteiger partial charge < -0.3 is 14.4 Å². The van der Waals surface area contributed by atoms with Gasteiger partial charge in [0, 0.05) is 18.5 Å². The maximum Gasteiger partial charge on any atom is 0.294 e. The number of hydrogen-bond donors (Lipinski definition) is 1. The molecule has 0 spiro atoms. The lowest BCUT2D eigenvalue weighted by Gasteiger charge is -2.29. The topological polar surface area (TPSA) is 85.7 Å². The zero-order valence-electron chi connectivity index (χ0n) is 18.5. The summed E-state index contributed by atoms with van der Waals surface area (Å²) in [6.07, 6.45) is 0.0967. The largest absolute Gasteiger partial charge is 0.457 e. The lowest BCUT2D eigenvalue weighted by molar-refractivity contribution is -0.116. The van der Waals surface area contributed by atoms with Gasteiger partial charge in [0.05, 0.1) is 25.0 Å². The number of amides is 1. The molecule has 4 aromatic rings. The van der Waals surface area contributed by atoms with E-state index in [2.05, 4.69) is 15.4 Å². The van der Waals surface area contributed by atoms with Crippen LogP contribution in [-0.2, 0) is 16.0 Å². The molecule has 1 aliphatic rings. The molecule has 0 aliphatic carbocycles. The summed E-state index contributed by atoms with van der Waals surface area (Å²) in [4.78, 5) is 28.9. The van der Waals surface area contributed by atoms with E-state index in [1.807, 2.05) is 66.7 Å². The molecular weight excluding hydrogens is 432 g/mol. The lowest BCUT2D eigenvalue weighted by Crippen LogP contribution is -2.41. The van der Waals surface area contributed by atoms with E-state index >= 15 is 0 Å². The Bertz CT molecular complexity index is 1350. The molecule has 1 amide bonds. The number of aromatic nitrogens is 2. The molecule has 0 bridgehead atoms. The SMILES string of the molecule is O=C(Cc1ccc(Oc2ccccc2)cc1)Nn1nc(N2CCOCC2)c2ccccc2c1=O. The number of anilines is 1. The summed E-state index contributed by atoms with van der Waals surface area (Å²) in [7, 11) is 0.